The van der Waals surface area contributed by atoms with Gasteiger partial charge < -0.3 is 10.1 Å². The number of tetrazole rings is 1. The summed E-state index contributed by atoms with van der Waals surface area (Å²) < 4.78 is 7.30. The maximum absolute atomic E-state index is 6.31. The van der Waals surface area contributed by atoms with Gasteiger partial charge in [0.1, 0.15) is 6.61 Å². The van der Waals surface area contributed by atoms with Crippen LogP contribution in [0.15, 0.2) is 42.5 Å². The molecule has 8 heteroatoms. The van der Waals surface area contributed by atoms with Gasteiger partial charge in [-0.25, -0.2) is 4.68 Å². The van der Waals surface area contributed by atoms with Crippen LogP contribution in [0.25, 0.3) is 0 Å². The monoisotopic (exact) mass is 363 g/mol. The van der Waals surface area contributed by atoms with E-state index in [4.69, 9.17) is 27.9 Å². The van der Waals surface area contributed by atoms with Crippen molar-refractivity contribution in [3.63, 3.8) is 0 Å². The van der Waals surface area contributed by atoms with Gasteiger partial charge in [-0.1, -0.05) is 58.6 Å². The standard InChI is InChI=1S/C16H15Cl2N5O/c1-23-16(20-21-22-23)19-9-12-7-13(17)15(14(18)8-12)24-10-11-5-3-2-4-6-11/h2-8H,9-10H2,1H3,(H,19,20,22). The molecule has 3 aromatic rings. The molecule has 124 valence electrons. The number of aryl methyl sites for hydroxylation is 1. The summed E-state index contributed by atoms with van der Waals surface area (Å²) >= 11 is 12.6. The first-order valence-corrected chi connectivity index (χ1v) is 8.00. The van der Waals surface area contributed by atoms with Crippen LogP contribution in [0.5, 0.6) is 5.75 Å². The van der Waals surface area contributed by atoms with Gasteiger partial charge in [-0.3, -0.25) is 0 Å². The van der Waals surface area contributed by atoms with Crippen molar-refractivity contribution in [1.29, 1.82) is 0 Å². The maximum atomic E-state index is 6.31. The van der Waals surface area contributed by atoms with Gasteiger partial charge in [-0.2, -0.15) is 0 Å². The van der Waals surface area contributed by atoms with Crippen molar-refractivity contribution in [1.82, 2.24) is 20.2 Å². The molecular formula is C16H15Cl2N5O. The molecule has 0 unspecified atom stereocenters. The third kappa shape index (κ3) is 3.96. The van der Waals surface area contributed by atoms with E-state index in [9.17, 15) is 0 Å². The summed E-state index contributed by atoms with van der Waals surface area (Å²) in [7, 11) is 1.75. The van der Waals surface area contributed by atoms with Crippen molar-refractivity contribution in [3.8, 4) is 5.75 Å². The first-order valence-electron chi connectivity index (χ1n) is 7.24. The maximum Gasteiger partial charge on any atom is 0.242 e. The second-order valence-corrected chi connectivity index (χ2v) is 5.96. The van der Waals surface area contributed by atoms with Gasteiger partial charge in [0.15, 0.2) is 5.75 Å². The highest BCUT2D eigenvalue weighted by molar-refractivity contribution is 6.37. The number of nitrogens with one attached hydrogen (secondary N) is 1. The van der Waals surface area contributed by atoms with Crippen LogP contribution in [0.4, 0.5) is 5.95 Å². The molecule has 0 aliphatic rings. The summed E-state index contributed by atoms with van der Waals surface area (Å²) in [6.07, 6.45) is 0. The van der Waals surface area contributed by atoms with E-state index in [-0.39, 0.29) is 0 Å². The van der Waals surface area contributed by atoms with Gasteiger partial charge in [-0.05, 0) is 33.7 Å². The molecule has 1 aromatic heterocycles. The predicted molar refractivity (Wildman–Crippen MR) is 93.4 cm³/mol. The lowest BCUT2D eigenvalue weighted by molar-refractivity contribution is 0.306. The quantitative estimate of drug-likeness (QED) is 0.722. The Morgan fingerprint density at radius 1 is 1.08 bits per heavy atom. The highest BCUT2D eigenvalue weighted by atomic mass is 35.5. The Morgan fingerprint density at radius 3 is 2.42 bits per heavy atom. The van der Waals surface area contributed by atoms with Crippen LogP contribution in [-0.2, 0) is 20.2 Å². The molecule has 0 aliphatic carbocycles. The summed E-state index contributed by atoms with van der Waals surface area (Å²) in [5, 5.41) is 15.2. The largest absolute Gasteiger partial charge is 0.486 e. The van der Waals surface area contributed by atoms with Crippen LogP contribution in [0.2, 0.25) is 10.0 Å². The highest BCUT2D eigenvalue weighted by Crippen LogP contribution is 2.35. The average molecular weight is 364 g/mol. The molecule has 0 spiro atoms. The third-order valence-electron chi connectivity index (χ3n) is 3.35. The topological polar surface area (TPSA) is 64.9 Å². The Labute approximate surface area is 149 Å². The van der Waals surface area contributed by atoms with Crippen LogP contribution in [-0.4, -0.2) is 20.2 Å². The zero-order chi connectivity index (χ0) is 16.9. The number of benzene rings is 2. The Morgan fingerprint density at radius 2 is 1.79 bits per heavy atom. The van der Waals surface area contributed by atoms with E-state index in [2.05, 4.69) is 20.8 Å². The van der Waals surface area contributed by atoms with Crippen molar-refractivity contribution in [2.45, 2.75) is 13.2 Å². The molecular weight excluding hydrogens is 349 g/mol. The molecule has 0 saturated carbocycles. The predicted octanol–water partition coefficient (Wildman–Crippen LogP) is 3.71. The van der Waals surface area contributed by atoms with E-state index in [1.807, 2.05) is 42.5 Å². The second kappa shape index (κ2) is 7.51. The van der Waals surface area contributed by atoms with Crippen LogP contribution in [0, 0.1) is 0 Å². The first kappa shape index (κ1) is 16.5. The number of rotatable bonds is 6. The molecule has 0 bridgehead atoms. The molecule has 24 heavy (non-hydrogen) atoms. The lowest BCUT2D eigenvalue weighted by Crippen LogP contribution is -2.06. The fourth-order valence-electron chi connectivity index (χ4n) is 2.14. The summed E-state index contributed by atoms with van der Waals surface area (Å²) in [4.78, 5) is 0. The van der Waals surface area contributed by atoms with E-state index >= 15 is 0 Å². The van der Waals surface area contributed by atoms with Crippen molar-refractivity contribution in [3.05, 3.63) is 63.6 Å². The van der Waals surface area contributed by atoms with E-state index in [0.29, 0.717) is 34.9 Å². The molecule has 2 aromatic carbocycles. The van der Waals surface area contributed by atoms with Crippen molar-refractivity contribution in [2.24, 2.45) is 7.05 Å². The van der Waals surface area contributed by atoms with Crippen molar-refractivity contribution >= 4 is 29.2 Å². The van der Waals surface area contributed by atoms with Crippen LogP contribution >= 0.6 is 23.2 Å². The normalized spacial score (nSPS) is 10.6. The number of ether oxygens (including phenoxy) is 1. The average Bonchev–Trinajstić information content (AvgIpc) is 2.98. The molecule has 0 radical (unpaired) electrons. The number of halogens is 2. The molecule has 0 atom stereocenters. The Bertz CT molecular complexity index is 799. The lowest BCUT2D eigenvalue weighted by Gasteiger charge is -2.12. The Hall–Kier alpha value is -2.31. The summed E-state index contributed by atoms with van der Waals surface area (Å²) in [5.74, 6) is 1.04. The second-order valence-electron chi connectivity index (χ2n) is 5.14. The van der Waals surface area contributed by atoms with E-state index in [1.165, 1.54) is 0 Å². The number of hydrogen-bond donors (Lipinski definition) is 1. The lowest BCUT2D eigenvalue weighted by atomic mass is 10.2. The van der Waals surface area contributed by atoms with E-state index in [0.717, 1.165) is 11.1 Å². The van der Waals surface area contributed by atoms with Gasteiger partial charge in [0.25, 0.3) is 0 Å². The van der Waals surface area contributed by atoms with Crippen LogP contribution in [0.1, 0.15) is 11.1 Å². The van der Waals surface area contributed by atoms with Gasteiger partial charge in [0.05, 0.1) is 10.0 Å². The fraction of sp³-hybridized carbons (Fsp3) is 0.188. The summed E-state index contributed by atoms with van der Waals surface area (Å²) in [5.41, 5.74) is 1.95. The van der Waals surface area contributed by atoms with Crippen molar-refractivity contribution in [2.75, 3.05) is 5.32 Å². The van der Waals surface area contributed by atoms with Gasteiger partial charge in [0, 0.05) is 13.6 Å². The molecule has 1 heterocycles. The number of anilines is 1. The highest BCUT2D eigenvalue weighted by Gasteiger charge is 2.11. The molecule has 0 saturated heterocycles. The van der Waals surface area contributed by atoms with Gasteiger partial charge >= 0.3 is 0 Å². The van der Waals surface area contributed by atoms with Crippen molar-refractivity contribution < 1.29 is 4.74 Å². The van der Waals surface area contributed by atoms with E-state index in [1.54, 1.807) is 11.7 Å². The molecule has 0 aliphatic heterocycles. The number of nitrogens with zero attached hydrogens (tertiary/aromatic N) is 4. The first-order chi connectivity index (χ1) is 11.6. The van der Waals surface area contributed by atoms with Crippen LogP contribution < -0.4 is 10.1 Å². The molecule has 1 N–H and O–H groups in total. The van der Waals surface area contributed by atoms with Gasteiger partial charge in [0.2, 0.25) is 5.95 Å². The Balaban J connectivity index is 1.68. The Kier molecular flexibility index (Phi) is 5.17. The molecule has 0 fully saturated rings. The molecule has 6 nitrogen and oxygen atoms in total. The van der Waals surface area contributed by atoms with E-state index < -0.39 is 0 Å². The summed E-state index contributed by atoms with van der Waals surface area (Å²) in [6, 6.07) is 13.5. The fourth-order valence-corrected chi connectivity index (χ4v) is 2.78. The molecule has 0 amide bonds. The summed E-state index contributed by atoms with van der Waals surface area (Å²) in [6.45, 7) is 0.898. The SMILES string of the molecule is Cn1nnnc1NCc1cc(Cl)c(OCc2ccccc2)c(Cl)c1. The zero-order valence-corrected chi connectivity index (χ0v) is 14.4. The smallest absolute Gasteiger partial charge is 0.242 e. The van der Waals surface area contributed by atoms with Gasteiger partial charge in [-0.15, -0.1) is 0 Å². The zero-order valence-electron chi connectivity index (χ0n) is 12.9. The van der Waals surface area contributed by atoms with Crippen LogP contribution in [0.3, 0.4) is 0 Å². The third-order valence-corrected chi connectivity index (χ3v) is 3.92. The molecule has 3 rings (SSSR count). The number of aromatic nitrogens is 4. The number of hydrogen-bond acceptors (Lipinski definition) is 5. The minimum absolute atomic E-state index is 0.405. The minimum atomic E-state index is 0.405. The minimum Gasteiger partial charge on any atom is -0.486 e.